The summed E-state index contributed by atoms with van der Waals surface area (Å²) in [5.41, 5.74) is 14.7. The molecule has 0 aliphatic rings. The first kappa shape index (κ1) is 32.9. The van der Waals surface area contributed by atoms with Crippen molar-refractivity contribution in [2.75, 3.05) is 0 Å². The Hall–Kier alpha value is -8.15. The van der Waals surface area contributed by atoms with Crippen LogP contribution in [0, 0.1) is 0 Å². The van der Waals surface area contributed by atoms with E-state index in [0.717, 1.165) is 45.2 Å². The maximum Gasteiger partial charge on any atom is 0.145 e. The topological polar surface area (TPSA) is 32.6 Å². The van der Waals surface area contributed by atoms with Gasteiger partial charge in [0.25, 0.3) is 0 Å². The van der Waals surface area contributed by atoms with Crippen molar-refractivity contribution in [1.29, 1.82) is 0 Å². The number of benzene rings is 9. The van der Waals surface area contributed by atoms with Gasteiger partial charge in [0.2, 0.25) is 0 Å². The highest BCUT2D eigenvalue weighted by Gasteiger charge is 2.22. The lowest BCUT2D eigenvalue weighted by atomic mass is 10.1. The maximum absolute atomic E-state index is 5.14. The molecule has 4 heterocycles. The molecule has 0 amide bonds. The second-order valence-corrected chi connectivity index (χ2v) is 15.6. The van der Waals surface area contributed by atoms with E-state index in [1.165, 1.54) is 65.4 Å². The summed E-state index contributed by atoms with van der Waals surface area (Å²) in [4.78, 5) is 5.14. The summed E-state index contributed by atoms with van der Waals surface area (Å²) in [6.45, 7) is 0. The van der Waals surface area contributed by atoms with E-state index in [9.17, 15) is 0 Å². The molecule has 0 atom stereocenters. The van der Waals surface area contributed by atoms with Crippen molar-refractivity contribution < 1.29 is 0 Å². The van der Waals surface area contributed by atoms with E-state index in [0.29, 0.717) is 0 Å². The molecule has 0 bridgehead atoms. The Morgan fingerprint density at radius 2 is 0.683 bits per heavy atom. The summed E-state index contributed by atoms with van der Waals surface area (Å²) in [7, 11) is 0. The van der Waals surface area contributed by atoms with Gasteiger partial charge in [-0.1, -0.05) is 109 Å². The summed E-state index contributed by atoms with van der Waals surface area (Å²) in [6, 6.07) is 76.5. The molecule has 0 saturated heterocycles. The maximum atomic E-state index is 5.14. The second kappa shape index (κ2) is 12.7. The third-order valence-corrected chi connectivity index (χ3v) is 12.4. The lowest BCUT2D eigenvalue weighted by molar-refractivity contribution is 1.10. The molecular formula is C55H35N5. The molecule has 0 fully saturated rings. The molecule has 280 valence electrons. The first-order chi connectivity index (χ1) is 29.8. The predicted octanol–water partition coefficient (Wildman–Crippen LogP) is 14.0. The minimum atomic E-state index is 0.924. The van der Waals surface area contributed by atoms with Gasteiger partial charge in [0.05, 0.1) is 44.1 Å². The van der Waals surface area contributed by atoms with E-state index >= 15 is 0 Å². The summed E-state index contributed by atoms with van der Waals surface area (Å²) in [5, 5.41) is 7.50. The lowest BCUT2D eigenvalue weighted by Crippen LogP contribution is -1.99. The van der Waals surface area contributed by atoms with Crippen molar-refractivity contribution in [3.8, 4) is 34.1 Å². The molecule has 0 N–H and O–H groups in total. The van der Waals surface area contributed by atoms with Crippen LogP contribution in [0.2, 0.25) is 0 Å². The Balaban J connectivity index is 1.01. The molecule has 0 spiro atoms. The average molecular weight is 766 g/mol. The Bertz CT molecular complexity index is 3770. The number of rotatable bonds is 5. The number of nitrogens with zero attached hydrogens (tertiary/aromatic N) is 5. The van der Waals surface area contributed by atoms with Crippen molar-refractivity contribution in [2.45, 2.75) is 0 Å². The molecule has 4 aromatic heterocycles. The van der Waals surface area contributed by atoms with Gasteiger partial charge in [0.15, 0.2) is 0 Å². The van der Waals surface area contributed by atoms with Gasteiger partial charge in [-0.3, -0.25) is 4.57 Å². The monoisotopic (exact) mass is 765 g/mol. The minimum absolute atomic E-state index is 0.924. The van der Waals surface area contributed by atoms with E-state index in [4.69, 9.17) is 4.98 Å². The molecule has 13 rings (SSSR count). The highest BCUT2D eigenvalue weighted by molar-refractivity contribution is 6.29. The van der Waals surface area contributed by atoms with Crippen LogP contribution in [0.15, 0.2) is 212 Å². The zero-order valence-electron chi connectivity index (χ0n) is 32.4. The van der Waals surface area contributed by atoms with Crippen LogP contribution in [0.1, 0.15) is 0 Å². The van der Waals surface area contributed by atoms with E-state index < -0.39 is 0 Å². The Kier molecular flexibility index (Phi) is 6.95. The molecule has 5 nitrogen and oxygen atoms in total. The van der Waals surface area contributed by atoms with Crippen LogP contribution in [0.3, 0.4) is 0 Å². The van der Waals surface area contributed by atoms with Gasteiger partial charge in [-0.25, -0.2) is 4.98 Å². The van der Waals surface area contributed by atoms with Crippen LogP contribution in [-0.2, 0) is 0 Å². The SMILES string of the molecule is c1ccc(-n2c(-c3ccc(-n4c5ccccc5c5c6c7ccccc7n(-c7cccc(-n8c9ccccc9c9ccccc98)c7)c6ccc54)cc3)nc3ccccc32)cc1. The van der Waals surface area contributed by atoms with Gasteiger partial charge < -0.3 is 13.7 Å². The van der Waals surface area contributed by atoms with Crippen LogP contribution in [-0.4, -0.2) is 23.3 Å². The number of hydrogen-bond acceptors (Lipinski definition) is 1. The van der Waals surface area contributed by atoms with Crippen molar-refractivity contribution in [3.05, 3.63) is 212 Å². The first-order valence-corrected chi connectivity index (χ1v) is 20.5. The number of imidazole rings is 1. The van der Waals surface area contributed by atoms with Gasteiger partial charge in [-0.15, -0.1) is 0 Å². The number of aromatic nitrogens is 5. The zero-order valence-corrected chi connectivity index (χ0v) is 32.4. The second-order valence-electron chi connectivity index (χ2n) is 15.6. The van der Waals surface area contributed by atoms with Crippen LogP contribution in [0.25, 0.3) is 111 Å². The third kappa shape index (κ3) is 4.66. The van der Waals surface area contributed by atoms with Crippen LogP contribution < -0.4 is 0 Å². The molecule has 5 heteroatoms. The smallest absolute Gasteiger partial charge is 0.145 e. The van der Waals surface area contributed by atoms with Crippen molar-refractivity contribution in [3.63, 3.8) is 0 Å². The van der Waals surface area contributed by atoms with E-state index in [1.807, 2.05) is 0 Å². The molecule has 9 aromatic carbocycles. The van der Waals surface area contributed by atoms with Crippen LogP contribution in [0.4, 0.5) is 0 Å². The molecule has 0 aliphatic carbocycles. The van der Waals surface area contributed by atoms with Crippen LogP contribution >= 0.6 is 0 Å². The molecule has 0 aliphatic heterocycles. The average Bonchev–Trinajstić information content (AvgIpc) is 4.06. The van der Waals surface area contributed by atoms with E-state index in [1.54, 1.807) is 0 Å². The highest BCUT2D eigenvalue weighted by atomic mass is 15.1. The summed E-state index contributed by atoms with van der Waals surface area (Å²) in [6.07, 6.45) is 0. The molecule has 60 heavy (non-hydrogen) atoms. The van der Waals surface area contributed by atoms with Crippen LogP contribution in [0.5, 0.6) is 0 Å². The fourth-order valence-electron chi connectivity index (χ4n) is 9.86. The predicted molar refractivity (Wildman–Crippen MR) is 250 cm³/mol. The molecule has 0 unspecified atom stereocenters. The van der Waals surface area contributed by atoms with Crippen molar-refractivity contribution in [2.24, 2.45) is 0 Å². The largest absolute Gasteiger partial charge is 0.309 e. The number of para-hydroxylation sites is 7. The summed E-state index contributed by atoms with van der Waals surface area (Å²) in [5.74, 6) is 0.924. The third-order valence-electron chi connectivity index (χ3n) is 12.4. The van der Waals surface area contributed by atoms with Gasteiger partial charge in [0.1, 0.15) is 5.82 Å². The molecule has 0 saturated carbocycles. The normalized spacial score (nSPS) is 12.0. The highest BCUT2D eigenvalue weighted by Crippen LogP contribution is 2.43. The molecular weight excluding hydrogens is 731 g/mol. The fourth-order valence-corrected chi connectivity index (χ4v) is 9.86. The molecule has 0 radical (unpaired) electrons. The number of fused-ring (bicyclic) bond motifs is 11. The zero-order chi connectivity index (χ0) is 39.3. The first-order valence-electron chi connectivity index (χ1n) is 20.5. The number of hydrogen-bond donors (Lipinski definition) is 0. The molecule has 13 aromatic rings. The lowest BCUT2D eigenvalue weighted by Gasteiger charge is -2.13. The van der Waals surface area contributed by atoms with Gasteiger partial charge in [0, 0.05) is 60.6 Å². The van der Waals surface area contributed by atoms with E-state index in [-0.39, 0.29) is 0 Å². The fraction of sp³-hybridized carbons (Fsp3) is 0. The van der Waals surface area contributed by atoms with Crippen molar-refractivity contribution in [1.82, 2.24) is 23.3 Å². The Morgan fingerprint density at radius 1 is 0.267 bits per heavy atom. The van der Waals surface area contributed by atoms with E-state index in [2.05, 4.69) is 231 Å². The van der Waals surface area contributed by atoms with Crippen molar-refractivity contribution >= 4 is 76.5 Å². The summed E-state index contributed by atoms with van der Waals surface area (Å²) < 4.78 is 9.52. The Labute approximate surface area is 344 Å². The van der Waals surface area contributed by atoms with Gasteiger partial charge >= 0.3 is 0 Å². The summed E-state index contributed by atoms with van der Waals surface area (Å²) >= 11 is 0. The standard InChI is InChI=1S/C55H35N5/c1-2-15-37(16-3-1)60-50-28-13-8-23-45(50)56-55(60)36-29-31-38(32-30-36)57-48-26-11-6-21-43(48)53-51(57)33-34-52-54(53)44-22-7-12-27-49(44)59(52)40-18-14-17-39(35-40)58-46-24-9-4-19-41(46)42-20-5-10-25-47(42)58/h1-35H. The van der Waals surface area contributed by atoms with Gasteiger partial charge in [-0.2, -0.15) is 0 Å². The quantitative estimate of drug-likeness (QED) is 0.172. The Morgan fingerprint density at radius 3 is 1.27 bits per heavy atom. The minimum Gasteiger partial charge on any atom is -0.309 e. The van der Waals surface area contributed by atoms with Gasteiger partial charge in [-0.05, 0) is 103 Å².